The molecule has 1 aromatic carbocycles. The van der Waals surface area contributed by atoms with Crippen LogP contribution in [0.5, 0.6) is 0 Å². The Morgan fingerprint density at radius 1 is 1.40 bits per heavy atom. The standard InChI is InChI=1S/C11H9N3O6/c15-10(9-5-8(11(16)17)13-20-9)12-6-1-3-7(4-2-6)14(18)19/h1-4,9H,5H2,(H,12,15)(H,16,17). The first-order chi connectivity index (χ1) is 9.47. The molecule has 1 atom stereocenters. The van der Waals surface area contributed by atoms with E-state index in [9.17, 15) is 19.7 Å². The molecule has 2 N–H and O–H groups in total. The summed E-state index contributed by atoms with van der Waals surface area (Å²) in [5.74, 6) is -1.81. The van der Waals surface area contributed by atoms with Crippen LogP contribution in [0.1, 0.15) is 6.42 Å². The van der Waals surface area contributed by atoms with Crippen molar-refractivity contribution in [3.63, 3.8) is 0 Å². The zero-order valence-electron chi connectivity index (χ0n) is 9.98. The number of hydrogen-bond donors (Lipinski definition) is 2. The van der Waals surface area contributed by atoms with E-state index in [1.807, 2.05) is 0 Å². The summed E-state index contributed by atoms with van der Waals surface area (Å²) in [6.45, 7) is 0. The largest absolute Gasteiger partial charge is 0.477 e. The number of aliphatic carboxylic acids is 1. The molecule has 0 spiro atoms. The molecule has 0 saturated carbocycles. The quantitative estimate of drug-likeness (QED) is 0.617. The second-order valence-electron chi connectivity index (χ2n) is 3.93. The minimum atomic E-state index is -1.24. The van der Waals surface area contributed by atoms with Gasteiger partial charge in [-0.3, -0.25) is 14.9 Å². The van der Waals surface area contributed by atoms with Gasteiger partial charge in [-0.05, 0) is 12.1 Å². The highest BCUT2D eigenvalue weighted by Gasteiger charge is 2.31. The first kappa shape index (κ1) is 13.5. The number of hydrogen-bond acceptors (Lipinski definition) is 6. The van der Waals surface area contributed by atoms with Crippen LogP contribution in [0.3, 0.4) is 0 Å². The Hall–Kier alpha value is -2.97. The number of carboxylic acid groups (broad SMARTS) is 1. The number of rotatable bonds is 4. The molecule has 1 aliphatic rings. The smallest absolute Gasteiger partial charge is 0.353 e. The Bertz CT molecular complexity index is 595. The first-order valence-electron chi connectivity index (χ1n) is 5.48. The van der Waals surface area contributed by atoms with Crippen molar-refractivity contribution in [1.29, 1.82) is 0 Å². The van der Waals surface area contributed by atoms with Crippen LogP contribution >= 0.6 is 0 Å². The van der Waals surface area contributed by atoms with Crippen molar-refractivity contribution in [3.05, 3.63) is 34.4 Å². The second kappa shape index (κ2) is 5.34. The number of anilines is 1. The highest BCUT2D eigenvalue weighted by molar-refractivity contribution is 6.36. The van der Waals surface area contributed by atoms with Gasteiger partial charge in [-0.2, -0.15) is 0 Å². The van der Waals surface area contributed by atoms with Crippen molar-refractivity contribution in [2.24, 2.45) is 5.16 Å². The summed E-state index contributed by atoms with van der Waals surface area (Å²) in [4.78, 5) is 37.0. The highest BCUT2D eigenvalue weighted by Crippen LogP contribution is 2.17. The predicted octanol–water partition coefficient (Wildman–Crippen LogP) is 0.763. The molecule has 1 heterocycles. The number of nitro groups is 1. The molecule has 1 amide bonds. The van der Waals surface area contributed by atoms with Gasteiger partial charge in [0.25, 0.3) is 11.6 Å². The Kier molecular flexibility index (Phi) is 3.60. The molecule has 9 nitrogen and oxygen atoms in total. The topological polar surface area (TPSA) is 131 Å². The van der Waals surface area contributed by atoms with Crippen molar-refractivity contribution < 1.29 is 24.5 Å². The van der Waals surface area contributed by atoms with E-state index in [0.717, 1.165) is 0 Å². The van der Waals surface area contributed by atoms with E-state index in [0.29, 0.717) is 5.69 Å². The van der Waals surface area contributed by atoms with Gasteiger partial charge in [0.05, 0.1) is 4.92 Å². The summed E-state index contributed by atoms with van der Waals surface area (Å²) in [6, 6.07) is 5.21. The van der Waals surface area contributed by atoms with Crippen LogP contribution in [0.2, 0.25) is 0 Å². The number of oxime groups is 1. The molecule has 0 saturated heterocycles. The van der Waals surface area contributed by atoms with E-state index in [2.05, 4.69) is 10.5 Å². The molecule has 1 aliphatic heterocycles. The average Bonchev–Trinajstić information content (AvgIpc) is 2.89. The van der Waals surface area contributed by atoms with Crippen LogP contribution < -0.4 is 5.32 Å². The Balaban J connectivity index is 1.96. The molecule has 0 bridgehead atoms. The van der Waals surface area contributed by atoms with Gasteiger partial charge in [0, 0.05) is 24.2 Å². The maximum absolute atomic E-state index is 11.8. The number of nitrogens with one attached hydrogen (secondary N) is 1. The van der Waals surface area contributed by atoms with Gasteiger partial charge in [0.1, 0.15) is 0 Å². The molecule has 9 heteroatoms. The van der Waals surface area contributed by atoms with E-state index in [1.54, 1.807) is 0 Å². The molecule has 104 valence electrons. The van der Waals surface area contributed by atoms with Crippen molar-refractivity contribution in [1.82, 2.24) is 0 Å². The number of benzene rings is 1. The minimum absolute atomic E-state index is 0.100. The molecule has 0 aromatic heterocycles. The van der Waals surface area contributed by atoms with Gasteiger partial charge in [0.2, 0.25) is 6.10 Å². The van der Waals surface area contributed by atoms with Gasteiger partial charge < -0.3 is 15.3 Å². The Morgan fingerprint density at radius 2 is 2.05 bits per heavy atom. The lowest BCUT2D eigenvalue weighted by atomic mass is 10.1. The predicted molar refractivity (Wildman–Crippen MR) is 66.3 cm³/mol. The number of carbonyl (C=O) groups excluding carboxylic acids is 1. The highest BCUT2D eigenvalue weighted by atomic mass is 16.6. The summed E-state index contributed by atoms with van der Waals surface area (Å²) < 4.78 is 0. The lowest BCUT2D eigenvalue weighted by molar-refractivity contribution is -0.384. The number of non-ortho nitro benzene ring substituents is 1. The third-order valence-electron chi connectivity index (χ3n) is 2.55. The van der Waals surface area contributed by atoms with Crippen LogP contribution in [0, 0.1) is 10.1 Å². The molecule has 0 radical (unpaired) electrons. The fourth-order valence-electron chi connectivity index (χ4n) is 1.53. The maximum Gasteiger partial charge on any atom is 0.353 e. The van der Waals surface area contributed by atoms with Crippen molar-refractivity contribution in [3.8, 4) is 0 Å². The van der Waals surface area contributed by atoms with Gasteiger partial charge in [-0.15, -0.1) is 0 Å². The van der Waals surface area contributed by atoms with Crippen LogP contribution in [0.25, 0.3) is 0 Å². The summed E-state index contributed by atoms with van der Waals surface area (Å²) in [6.07, 6.45) is -1.15. The number of nitro benzene ring substituents is 1. The number of carboxylic acids is 1. The van der Waals surface area contributed by atoms with E-state index in [4.69, 9.17) is 9.94 Å². The molecule has 2 rings (SSSR count). The van der Waals surface area contributed by atoms with Crippen LogP contribution in [0.4, 0.5) is 11.4 Å². The number of nitrogens with zero attached hydrogens (tertiary/aromatic N) is 2. The van der Waals surface area contributed by atoms with Crippen LogP contribution in [0.15, 0.2) is 29.4 Å². The minimum Gasteiger partial charge on any atom is -0.477 e. The average molecular weight is 279 g/mol. The summed E-state index contributed by atoms with van der Waals surface area (Å²) in [5, 5.41) is 24.9. The Labute approximate surface area is 112 Å². The summed E-state index contributed by atoms with van der Waals surface area (Å²) in [5.41, 5.74) is 0.0124. The molecule has 1 aromatic rings. The SMILES string of the molecule is O=C(O)C1=NOC(C(=O)Nc2ccc([N+](=O)[O-])cc2)C1. The second-order valence-corrected chi connectivity index (χ2v) is 3.93. The third-order valence-corrected chi connectivity index (χ3v) is 2.55. The number of carbonyl (C=O) groups is 2. The van der Waals surface area contributed by atoms with Crippen molar-refractivity contribution >= 4 is 29.0 Å². The monoisotopic (exact) mass is 279 g/mol. The molecular weight excluding hydrogens is 270 g/mol. The van der Waals surface area contributed by atoms with Crippen molar-refractivity contribution in [2.45, 2.75) is 12.5 Å². The number of amides is 1. The van der Waals surface area contributed by atoms with E-state index in [-0.39, 0.29) is 17.8 Å². The van der Waals surface area contributed by atoms with Gasteiger partial charge in [-0.1, -0.05) is 5.16 Å². The molecule has 0 fully saturated rings. The Morgan fingerprint density at radius 3 is 2.55 bits per heavy atom. The van der Waals surface area contributed by atoms with Gasteiger partial charge >= 0.3 is 5.97 Å². The summed E-state index contributed by atoms with van der Waals surface area (Å²) in [7, 11) is 0. The molecule has 1 unspecified atom stereocenters. The van der Waals surface area contributed by atoms with E-state index in [1.165, 1.54) is 24.3 Å². The summed E-state index contributed by atoms with van der Waals surface area (Å²) >= 11 is 0. The van der Waals surface area contributed by atoms with E-state index >= 15 is 0 Å². The lowest BCUT2D eigenvalue weighted by Crippen LogP contribution is -2.28. The van der Waals surface area contributed by atoms with E-state index < -0.39 is 22.9 Å². The van der Waals surface area contributed by atoms with Gasteiger partial charge in [0.15, 0.2) is 5.71 Å². The molecule has 20 heavy (non-hydrogen) atoms. The van der Waals surface area contributed by atoms with Crippen LogP contribution in [-0.4, -0.2) is 33.7 Å². The van der Waals surface area contributed by atoms with Crippen LogP contribution in [-0.2, 0) is 14.4 Å². The third kappa shape index (κ3) is 2.88. The first-order valence-corrected chi connectivity index (χ1v) is 5.48. The van der Waals surface area contributed by atoms with Crippen molar-refractivity contribution in [2.75, 3.05) is 5.32 Å². The lowest BCUT2D eigenvalue weighted by Gasteiger charge is -2.08. The molecular formula is C11H9N3O6. The molecule has 0 aliphatic carbocycles. The fourth-order valence-corrected chi connectivity index (χ4v) is 1.53. The maximum atomic E-state index is 11.8. The van der Waals surface area contributed by atoms with Gasteiger partial charge in [-0.25, -0.2) is 4.79 Å². The normalized spacial score (nSPS) is 17.0. The zero-order chi connectivity index (χ0) is 14.7. The fraction of sp³-hybridized carbons (Fsp3) is 0.182. The zero-order valence-corrected chi connectivity index (χ0v) is 9.98.